The summed E-state index contributed by atoms with van der Waals surface area (Å²) in [5.41, 5.74) is 1.94. The van der Waals surface area contributed by atoms with Crippen molar-refractivity contribution in [3.8, 4) is 0 Å². The molecule has 0 radical (unpaired) electrons. The van der Waals surface area contributed by atoms with E-state index >= 15 is 0 Å². The fraction of sp³-hybridized carbons (Fsp3) is 0.200. The summed E-state index contributed by atoms with van der Waals surface area (Å²) in [5, 5.41) is 0. The number of rotatable bonds is 8. The average molecular weight is 480 g/mol. The van der Waals surface area contributed by atoms with E-state index in [0.717, 1.165) is 15.6 Å². The standard InChI is InChI=1S/C25H26BrN3O2/c1-27(2)15-16-28(19-20-9-4-3-5-10-20)25(31)23(29-14-7-6-13-24(29)30)18-21-11-8-12-22(26)17-21/h3-14,17-18H,15-16,19H2,1-2H3/b23-18+. The monoisotopic (exact) mass is 479 g/mol. The fourth-order valence-electron chi connectivity index (χ4n) is 3.15. The molecule has 31 heavy (non-hydrogen) atoms. The Bertz CT molecular complexity index is 1110. The van der Waals surface area contributed by atoms with E-state index in [2.05, 4.69) is 15.9 Å². The molecule has 1 amide bonds. The molecule has 0 N–H and O–H groups in total. The lowest BCUT2D eigenvalue weighted by Gasteiger charge is -2.26. The number of pyridine rings is 1. The van der Waals surface area contributed by atoms with E-state index in [-0.39, 0.29) is 11.5 Å². The molecule has 0 fully saturated rings. The summed E-state index contributed by atoms with van der Waals surface area (Å²) < 4.78 is 2.32. The van der Waals surface area contributed by atoms with Crippen molar-refractivity contribution in [1.29, 1.82) is 0 Å². The van der Waals surface area contributed by atoms with Crippen LogP contribution in [0, 0.1) is 0 Å². The number of carbonyl (C=O) groups is 1. The van der Waals surface area contributed by atoms with Gasteiger partial charge in [0.1, 0.15) is 5.70 Å². The summed E-state index contributed by atoms with van der Waals surface area (Å²) in [5.74, 6) is -0.195. The minimum absolute atomic E-state index is 0.195. The molecule has 1 aromatic heterocycles. The molecule has 0 saturated carbocycles. The number of hydrogen-bond donors (Lipinski definition) is 0. The molecule has 0 aliphatic rings. The highest BCUT2D eigenvalue weighted by Crippen LogP contribution is 2.18. The first kappa shape index (κ1) is 22.7. The minimum Gasteiger partial charge on any atom is -0.332 e. The summed E-state index contributed by atoms with van der Waals surface area (Å²) in [4.78, 5) is 30.2. The Morgan fingerprint density at radius 2 is 1.71 bits per heavy atom. The lowest BCUT2D eigenvalue weighted by atomic mass is 10.1. The SMILES string of the molecule is CN(C)CCN(Cc1ccccc1)C(=O)/C(=C\c1cccc(Br)c1)n1ccccc1=O. The topological polar surface area (TPSA) is 45.5 Å². The maximum atomic E-state index is 13.8. The van der Waals surface area contributed by atoms with Gasteiger partial charge in [-0.2, -0.15) is 0 Å². The highest BCUT2D eigenvalue weighted by Gasteiger charge is 2.21. The van der Waals surface area contributed by atoms with Crippen LogP contribution in [-0.4, -0.2) is 47.5 Å². The van der Waals surface area contributed by atoms with Gasteiger partial charge >= 0.3 is 0 Å². The highest BCUT2D eigenvalue weighted by atomic mass is 79.9. The van der Waals surface area contributed by atoms with Crippen LogP contribution in [0.15, 0.2) is 88.3 Å². The van der Waals surface area contributed by atoms with Gasteiger partial charge in [0.2, 0.25) is 0 Å². The first-order valence-corrected chi connectivity index (χ1v) is 10.9. The molecular formula is C25H26BrN3O2. The van der Waals surface area contributed by atoms with Crippen LogP contribution in [0.4, 0.5) is 0 Å². The molecule has 0 aliphatic heterocycles. The summed E-state index contributed by atoms with van der Waals surface area (Å²) in [6.45, 7) is 1.72. The molecule has 3 aromatic rings. The second kappa shape index (κ2) is 10.9. The van der Waals surface area contributed by atoms with Crippen LogP contribution < -0.4 is 5.56 Å². The number of benzene rings is 2. The van der Waals surface area contributed by atoms with E-state index in [9.17, 15) is 9.59 Å². The number of aromatic nitrogens is 1. The number of hydrogen-bond acceptors (Lipinski definition) is 3. The van der Waals surface area contributed by atoms with Gasteiger partial charge in [0, 0.05) is 36.4 Å². The van der Waals surface area contributed by atoms with Crippen molar-refractivity contribution in [2.45, 2.75) is 6.54 Å². The van der Waals surface area contributed by atoms with Crippen molar-refractivity contribution in [3.63, 3.8) is 0 Å². The van der Waals surface area contributed by atoms with Crippen molar-refractivity contribution in [1.82, 2.24) is 14.4 Å². The van der Waals surface area contributed by atoms with Gasteiger partial charge in [0.05, 0.1) is 0 Å². The molecule has 0 unspecified atom stereocenters. The lowest BCUT2D eigenvalue weighted by Crippen LogP contribution is -2.39. The molecule has 6 heteroatoms. The summed E-state index contributed by atoms with van der Waals surface area (Å²) in [6.07, 6.45) is 3.40. The van der Waals surface area contributed by atoms with Crippen LogP contribution in [0.1, 0.15) is 11.1 Å². The van der Waals surface area contributed by atoms with Crippen LogP contribution >= 0.6 is 15.9 Å². The van der Waals surface area contributed by atoms with Crippen molar-refractivity contribution >= 4 is 33.6 Å². The maximum absolute atomic E-state index is 13.8. The molecular weight excluding hydrogens is 454 g/mol. The Morgan fingerprint density at radius 1 is 0.968 bits per heavy atom. The Kier molecular flexibility index (Phi) is 7.98. The van der Waals surface area contributed by atoms with Crippen LogP contribution in [0.5, 0.6) is 0 Å². The molecule has 0 aliphatic carbocycles. The number of halogens is 1. The lowest BCUT2D eigenvalue weighted by molar-refractivity contribution is -0.126. The summed E-state index contributed by atoms with van der Waals surface area (Å²) in [6, 6.07) is 22.4. The zero-order valence-electron chi connectivity index (χ0n) is 17.7. The van der Waals surface area contributed by atoms with Gasteiger partial charge in [-0.25, -0.2) is 0 Å². The molecule has 3 rings (SSSR count). The van der Waals surface area contributed by atoms with Crippen molar-refractivity contribution in [2.75, 3.05) is 27.2 Å². The number of carbonyl (C=O) groups excluding carboxylic acids is 1. The first-order chi connectivity index (χ1) is 14.9. The number of amides is 1. The normalized spacial score (nSPS) is 11.5. The van der Waals surface area contributed by atoms with Crippen molar-refractivity contribution in [2.24, 2.45) is 0 Å². The average Bonchev–Trinajstić information content (AvgIpc) is 2.76. The molecule has 0 spiro atoms. The number of likely N-dealkylation sites (N-methyl/N-ethyl adjacent to an activating group) is 1. The first-order valence-electron chi connectivity index (χ1n) is 10.1. The van der Waals surface area contributed by atoms with E-state index in [4.69, 9.17) is 0 Å². The molecule has 0 bridgehead atoms. The molecule has 0 atom stereocenters. The third-order valence-corrected chi connectivity index (χ3v) is 5.27. The molecule has 0 saturated heterocycles. The van der Waals surface area contributed by atoms with Crippen LogP contribution in [0.3, 0.4) is 0 Å². The van der Waals surface area contributed by atoms with Gasteiger partial charge in [0.15, 0.2) is 0 Å². The molecule has 160 valence electrons. The highest BCUT2D eigenvalue weighted by molar-refractivity contribution is 9.10. The van der Waals surface area contributed by atoms with Crippen molar-refractivity contribution < 1.29 is 4.79 Å². The second-order valence-electron chi connectivity index (χ2n) is 7.51. The van der Waals surface area contributed by atoms with E-state index < -0.39 is 0 Å². The number of nitrogens with zero attached hydrogens (tertiary/aromatic N) is 3. The Morgan fingerprint density at radius 3 is 2.39 bits per heavy atom. The van der Waals surface area contributed by atoms with Gasteiger partial charge in [0.25, 0.3) is 11.5 Å². The largest absolute Gasteiger partial charge is 0.332 e. The van der Waals surface area contributed by atoms with E-state index in [1.165, 1.54) is 10.6 Å². The van der Waals surface area contributed by atoms with Crippen molar-refractivity contribution in [3.05, 3.63) is 105 Å². The molecule has 2 aromatic carbocycles. The Balaban J connectivity index is 2.04. The predicted molar refractivity (Wildman–Crippen MR) is 129 cm³/mol. The Hall–Kier alpha value is -2.96. The van der Waals surface area contributed by atoms with Crippen LogP contribution in [0.25, 0.3) is 11.8 Å². The van der Waals surface area contributed by atoms with Gasteiger partial charge in [-0.15, -0.1) is 0 Å². The van der Waals surface area contributed by atoms with E-state index in [0.29, 0.717) is 25.3 Å². The Labute approximate surface area is 191 Å². The van der Waals surface area contributed by atoms with Gasteiger partial charge < -0.3 is 9.80 Å². The summed E-state index contributed by atoms with van der Waals surface area (Å²) in [7, 11) is 3.95. The smallest absolute Gasteiger partial charge is 0.271 e. The van der Waals surface area contributed by atoms with E-state index in [1.54, 1.807) is 29.3 Å². The zero-order chi connectivity index (χ0) is 22.2. The molecule has 5 nitrogen and oxygen atoms in total. The van der Waals surface area contributed by atoms with Crippen LogP contribution in [-0.2, 0) is 11.3 Å². The minimum atomic E-state index is -0.246. The fourth-order valence-corrected chi connectivity index (χ4v) is 3.57. The molecule has 1 heterocycles. The van der Waals surface area contributed by atoms with Gasteiger partial charge in [-0.1, -0.05) is 64.5 Å². The van der Waals surface area contributed by atoms with Gasteiger partial charge in [-0.05, 0) is 49.5 Å². The predicted octanol–water partition coefficient (Wildman–Crippen LogP) is 4.20. The van der Waals surface area contributed by atoms with E-state index in [1.807, 2.05) is 73.6 Å². The summed E-state index contributed by atoms with van der Waals surface area (Å²) >= 11 is 3.48. The second-order valence-corrected chi connectivity index (χ2v) is 8.42. The zero-order valence-corrected chi connectivity index (χ0v) is 19.3. The maximum Gasteiger partial charge on any atom is 0.271 e. The van der Waals surface area contributed by atoms with Gasteiger partial charge in [-0.3, -0.25) is 14.2 Å². The van der Waals surface area contributed by atoms with Crippen LogP contribution in [0.2, 0.25) is 0 Å². The third-order valence-electron chi connectivity index (χ3n) is 4.77. The quantitative estimate of drug-likeness (QED) is 0.454. The third kappa shape index (κ3) is 6.51.